The van der Waals surface area contributed by atoms with Gasteiger partial charge in [0.25, 0.3) is 0 Å². The number of H-pyrrole nitrogens is 1. The van der Waals surface area contributed by atoms with Crippen molar-refractivity contribution in [3.63, 3.8) is 0 Å². The molecule has 0 radical (unpaired) electrons. The number of aromatic amines is 1. The van der Waals surface area contributed by atoms with Crippen molar-refractivity contribution in [1.29, 1.82) is 0 Å². The van der Waals surface area contributed by atoms with Gasteiger partial charge in [-0.25, -0.2) is 15.0 Å². The Morgan fingerprint density at radius 3 is 0.886 bits per heavy atom. The number of hydrogen-bond acceptors (Lipinski definition) is 8. The van der Waals surface area contributed by atoms with Crippen molar-refractivity contribution in [3.8, 4) is 45.6 Å². The number of nitrogens with zero attached hydrogens (tertiary/aromatic N) is 7. The largest absolute Gasteiger partial charge is 0.340 e. The van der Waals surface area contributed by atoms with Crippen molar-refractivity contribution in [2.45, 2.75) is 5.16 Å². The fraction of sp³-hybridized carbons (Fsp3) is 0. The van der Waals surface area contributed by atoms with Crippen LogP contribution in [-0.2, 0) is 42.1 Å². The van der Waals surface area contributed by atoms with Crippen LogP contribution >= 0.6 is 12.6 Å². The maximum absolute atomic E-state index is 4.59. The first kappa shape index (κ1) is 34.3. The van der Waals surface area contributed by atoms with E-state index in [4.69, 9.17) is 0 Å². The Labute approximate surface area is 289 Å². The Bertz CT molecular complexity index is 1550. The summed E-state index contributed by atoms with van der Waals surface area (Å²) in [7, 11) is 0. The van der Waals surface area contributed by atoms with E-state index in [2.05, 4.69) is 52.5 Å². The number of hydrogen-bond donors (Lipinski definition) is 2. The van der Waals surface area contributed by atoms with Gasteiger partial charge in [-0.3, -0.25) is 19.9 Å². The van der Waals surface area contributed by atoms with Crippen molar-refractivity contribution >= 4 is 12.6 Å². The minimum absolute atomic E-state index is 0. The van der Waals surface area contributed by atoms with E-state index in [1.54, 1.807) is 37.2 Å². The molecule has 0 bridgehead atoms. The third-order valence-corrected chi connectivity index (χ3v) is 5.94. The van der Waals surface area contributed by atoms with Crippen LogP contribution in [0.25, 0.3) is 45.6 Å². The van der Waals surface area contributed by atoms with Gasteiger partial charge in [0.1, 0.15) is 0 Å². The molecule has 0 atom stereocenters. The van der Waals surface area contributed by atoms with Crippen LogP contribution in [0.5, 0.6) is 0 Å². The molecule has 0 saturated heterocycles. The molecule has 0 aliphatic heterocycles. The smallest absolute Gasteiger partial charge is 0.162 e. The second-order valence-electron chi connectivity index (χ2n) is 8.59. The van der Waals surface area contributed by atoms with Crippen molar-refractivity contribution < 1.29 is 42.1 Å². The summed E-state index contributed by atoms with van der Waals surface area (Å²) in [6.07, 6.45) is 10.5. The SMILES string of the molecule is Sc1ncc[nH]1.[Pt].[Pt].c1ccc(-c2cccc(-c3ccccn3)n2)nc1.c1ccc(-c2cccc(-c3ccccn3)n2)nc1. The first-order valence-electron chi connectivity index (χ1n) is 13.0. The zero-order valence-electron chi connectivity index (χ0n) is 23.1. The number of thiol groups is 1. The summed E-state index contributed by atoms with van der Waals surface area (Å²) in [6.45, 7) is 0. The van der Waals surface area contributed by atoms with Gasteiger partial charge in [-0.15, -0.1) is 12.6 Å². The Kier molecular flexibility index (Phi) is 14.4. The predicted molar refractivity (Wildman–Crippen MR) is 167 cm³/mol. The van der Waals surface area contributed by atoms with Crippen LogP contribution in [0.1, 0.15) is 0 Å². The van der Waals surface area contributed by atoms with Gasteiger partial charge in [0, 0.05) is 79.3 Å². The average Bonchev–Trinajstić information content (AvgIpc) is 3.58. The fourth-order valence-corrected chi connectivity index (χ4v) is 3.90. The van der Waals surface area contributed by atoms with Gasteiger partial charge in [-0.1, -0.05) is 36.4 Å². The number of pyridine rings is 6. The second-order valence-corrected chi connectivity index (χ2v) is 9.01. The van der Waals surface area contributed by atoms with Gasteiger partial charge in [0.15, 0.2) is 5.16 Å². The molecular weight excluding hydrogens is 931 g/mol. The third-order valence-electron chi connectivity index (χ3n) is 5.69. The maximum Gasteiger partial charge on any atom is 0.162 e. The van der Waals surface area contributed by atoms with Crippen LogP contribution in [0.4, 0.5) is 0 Å². The summed E-state index contributed by atoms with van der Waals surface area (Å²) in [5.41, 5.74) is 6.92. The molecular formula is C33H26N8Pt2S. The molecule has 7 heterocycles. The molecule has 44 heavy (non-hydrogen) atoms. The van der Waals surface area contributed by atoms with E-state index in [0.29, 0.717) is 5.16 Å². The minimum Gasteiger partial charge on any atom is -0.340 e. The molecule has 8 nitrogen and oxygen atoms in total. The Balaban J connectivity index is 0.000000195. The molecule has 0 aromatic carbocycles. The summed E-state index contributed by atoms with van der Waals surface area (Å²) in [6, 6.07) is 35.0. The van der Waals surface area contributed by atoms with Crippen LogP contribution in [-0.4, -0.2) is 39.9 Å². The van der Waals surface area contributed by atoms with E-state index in [-0.39, 0.29) is 42.1 Å². The Hall–Kier alpha value is -4.16. The number of nitrogens with one attached hydrogen (secondary N) is 1. The van der Waals surface area contributed by atoms with Crippen molar-refractivity contribution in [2.24, 2.45) is 0 Å². The van der Waals surface area contributed by atoms with Gasteiger partial charge in [0.05, 0.1) is 45.6 Å². The van der Waals surface area contributed by atoms with Gasteiger partial charge in [0.2, 0.25) is 0 Å². The summed E-state index contributed by atoms with van der Waals surface area (Å²) < 4.78 is 0. The molecule has 7 rings (SSSR count). The van der Waals surface area contributed by atoms with Crippen LogP contribution in [0.15, 0.2) is 152 Å². The van der Waals surface area contributed by atoms with E-state index in [9.17, 15) is 0 Å². The van der Waals surface area contributed by atoms with Crippen molar-refractivity contribution in [3.05, 3.63) is 146 Å². The number of rotatable bonds is 4. The van der Waals surface area contributed by atoms with E-state index in [1.165, 1.54) is 0 Å². The Morgan fingerprint density at radius 2 is 0.682 bits per heavy atom. The minimum atomic E-state index is 0. The Morgan fingerprint density at radius 1 is 0.364 bits per heavy atom. The van der Waals surface area contributed by atoms with Gasteiger partial charge >= 0.3 is 0 Å². The molecule has 1 N–H and O–H groups in total. The molecule has 0 aliphatic carbocycles. The van der Waals surface area contributed by atoms with Gasteiger partial charge < -0.3 is 4.98 Å². The van der Waals surface area contributed by atoms with E-state index in [0.717, 1.165) is 45.6 Å². The summed E-state index contributed by atoms with van der Waals surface area (Å²) in [5, 5.41) is 0.662. The summed E-state index contributed by atoms with van der Waals surface area (Å²) >= 11 is 3.87. The zero-order valence-corrected chi connectivity index (χ0v) is 28.5. The molecule has 7 aromatic heterocycles. The normalized spacial score (nSPS) is 9.57. The molecule has 0 spiro atoms. The maximum atomic E-state index is 4.59. The van der Waals surface area contributed by atoms with Crippen molar-refractivity contribution in [1.82, 2.24) is 39.9 Å². The number of aromatic nitrogens is 8. The first-order chi connectivity index (χ1) is 20.8. The average molecular weight is 957 g/mol. The molecule has 0 unspecified atom stereocenters. The monoisotopic (exact) mass is 956 g/mol. The van der Waals surface area contributed by atoms with Crippen LogP contribution in [0.3, 0.4) is 0 Å². The van der Waals surface area contributed by atoms with E-state index < -0.39 is 0 Å². The fourth-order valence-electron chi connectivity index (χ4n) is 3.75. The quantitative estimate of drug-likeness (QED) is 0.182. The molecule has 0 amide bonds. The van der Waals surface area contributed by atoms with Gasteiger partial charge in [-0.05, 0) is 72.8 Å². The van der Waals surface area contributed by atoms with Gasteiger partial charge in [-0.2, -0.15) is 0 Å². The molecule has 7 aromatic rings. The molecule has 0 saturated carbocycles. The molecule has 11 heteroatoms. The van der Waals surface area contributed by atoms with Crippen LogP contribution in [0, 0.1) is 0 Å². The number of imidazole rings is 1. The molecule has 0 fully saturated rings. The topological polar surface area (TPSA) is 106 Å². The third kappa shape index (κ3) is 10.2. The molecule has 224 valence electrons. The summed E-state index contributed by atoms with van der Waals surface area (Å²) in [5.74, 6) is 0. The second kappa shape index (κ2) is 18.5. The standard InChI is InChI=1S/2C15H11N3.C3H4N2S.2Pt/c2*1-3-10-16-12(6-1)14-8-5-9-15(18-14)13-7-2-4-11-17-13;6-3-4-1-2-5-3;;/h2*1-11H;1-2H,(H2,4,5,6);;. The zero-order chi connectivity index (χ0) is 28.8. The molecule has 0 aliphatic rings. The van der Waals surface area contributed by atoms with Crippen LogP contribution in [0.2, 0.25) is 0 Å². The predicted octanol–water partition coefficient (Wildman–Crippen LogP) is 7.10. The van der Waals surface area contributed by atoms with Crippen molar-refractivity contribution in [2.75, 3.05) is 0 Å². The van der Waals surface area contributed by atoms with Crippen LogP contribution < -0.4 is 0 Å². The van der Waals surface area contributed by atoms with E-state index in [1.807, 2.05) is 109 Å². The summed E-state index contributed by atoms with van der Waals surface area (Å²) in [4.78, 5) is 32.9. The first-order valence-corrected chi connectivity index (χ1v) is 13.5. The van der Waals surface area contributed by atoms with E-state index >= 15 is 0 Å².